The summed E-state index contributed by atoms with van der Waals surface area (Å²) in [6, 6.07) is -0.452. The second-order valence-corrected chi connectivity index (χ2v) is 22.2. The van der Waals surface area contributed by atoms with Crippen LogP contribution in [0.25, 0.3) is 0 Å². The maximum absolute atomic E-state index is 13.6. The highest BCUT2D eigenvalue weighted by atomic mass is 16.6. The molecule has 11 heteroatoms. The van der Waals surface area contributed by atoms with Crippen molar-refractivity contribution in [2.75, 3.05) is 59.5 Å². The van der Waals surface area contributed by atoms with Gasteiger partial charge in [-0.2, -0.15) is 0 Å². The lowest BCUT2D eigenvalue weighted by molar-refractivity contribution is -0.151. The number of hydrogen-bond donors (Lipinski definition) is 0. The maximum atomic E-state index is 13.6. The predicted octanol–water partition coefficient (Wildman–Crippen LogP) is 14.9. The summed E-state index contributed by atoms with van der Waals surface area (Å²) in [4.78, 5) is 59.4. The number of rotatable bonds is 49. The summed E-state index contributed by atoms with van der Waals surface area (Å²) >= 11 is 0. The first-order valence-electron chi connectivity index (χ1n) is 31.1. The first-order valence-corrected chi connectivity index (χ1v) is 31.1. The maximum Gasteiger partial charge on any atom is 0.323 e. The predicted molar refractivity (Wildman–Crippen MR) is 297 cm³/mol. The van der Waals surface area contributed by atoms with E-state index in [1.165, 1.54) is 128 Å². The summed E-state index contributed by atoms with van der Waals surface area (Å²) < 4.78 is 24.0. The van der Waals surface area contributed by atoms with Crippen molar-refractivity contribution < 1.29 is 38.1 Å². The number of piperazine rings is 1. The van der Waals surface area contributed by atoms with Gasteiger partial charge >= 0.3 is 23.9 Å². The van der Waals surface area contributed by atoms with Crippen molar-refractivity contribution in [1.29, 1.82) is 0 Å². The highest BCUT2D eigenvalue weighted by Crippen LogP contribution is 2.25. The standard InChI is InChI=1S/C61H115N3O8/c1-6-10-14-18-23-30-38-54(39-31-24-19-15-11-7-2)70-58(65)42-34-27-22-28-37-51-69-61(68)57-52-56(72-60(67)44-46-63-49-47-62(5)48-50-63)53-64(57)45-36-29-35-43-59(66)71-55(40-32-25-20-16-12-8-3)41-33-26-21-17-13-9-4/h54-57H,6-53H2,1-5H3/t56-,57-/m0/s1. The monoisotopic (exact) mass is 1020 g/mol. The number of nitrogens with zero attached hydrogens (tertiary/aromatic N) is 3. The minimum absolute atomic E-state index is 0.0279. The Labute approximate surface area is 443 Å². The molecule has 0 bridgehead atoms. The molecule has 2 saturated heterocycles. The van der Waals surface area contributed by atoms with E-state index in [1.807, 2.05) is 0 Å². The first kappa shape index (κ1) is 65.9. The lowest BCUT2D eigenvalue weighted by Gasteiger charge is -2.32. The van der Waals surface area contributed by atoms with E-state index in [9.17, 15) is 19.2 Å². The molecular formula is C61H115N3O8. The SMILES string of the molecule is CCCCCCCCC(CCCCCCCC)OC(=O)CCCCCCCOC(=O)[C@@H]1C[C@H](OC(=O)CCN2CCN(C)CC2)CN1CCCCCC(=O)OC(CCCCCCCC)CCCCCCCC. The van der Waals surface area contributed by atoms with Crippen molar-refractivity contribution in [2.45, 2.75) is 309 Å². The molecular weight excluding hydrogens is 903 g/mol. The number of likely N-dealkylation sites (tertiary alicyclic amines) is 1. The Bertz CT molecular complexity index is 1280. The molecule has 422 valence electrons. The number of esters is 4. The quantitative estimate of drug-likeness (QED) is 0.0330. The molecule has 0 aliphatic carbocycles. The fraction of sp³-hybridized carbons (Fsp3) is 0.934. The average molecular weight is 1020 g/mol. The third kappa shape index (κ3) is 35.9. The summed E-state index contributed by atoms with van der Waals surface area (Å²) in [7, 11) is 2.13. The van der Waals surface area contributed by atoms with Crippen molar-refractivity contribution in [2.24, 2.45) is 0 Å². The molecule has 0 aromatic carbocycles. The molecule has 0 amide bonds. The third-order valence-corrected chi connectivity index (χ3v) is 15.4. The molecule has 0 radical (unpaired) electrons. The zero-order chi connectivity index (χ0) is 52.1. The van der Waals surface area contributed by atoms with E-state index in [4.69, 9.17) is 18.9 Å². The number of hydrogen-bond acceptors (Lipinski definition) is 11. The van der Waals surface area contributed by atoms with Gasteiger partial charge in [0, 0.05) is 58.5 Å². The van der Waals surface area contributed by atoms with Crippen molar-refractivity contribution in [3.63, 3.8) is 0 Å². The van der Waals surface area contributed by atoms with Gasteiger partial charge in [-0.25, -0.2) is 0 Å². The van der Waals surface area contributed by atoms with E-state index in [0.29, 0.717) is 51.9 Å². The minimum Gasteiger partial charge on any atom is -0.465 e. The van der Waals surface area contributed by atoms with Gasteiger partial charge in [0.15, 0.2) is 0 Å². The molecule has 2 fully saturated rings. The molecule has 2 atom stereocenters. The molecule has 0 N–H and O–H groups in total. The van der Waals surface area contributed by atoms with E-state index < -0.39 is 6.04 Å². The third-order valence-electron chi connectivity index (χ3n) is 15.4. The summed E-state index contributed by atoms with van der Waals surface area (Å²) in [5.41, 5.74) is 0. The van der Waals surface area contributed by atoms with Crippen molar-refractivity contribution in [1.82, 2.24) is 14.7 Å². The van der Waals surface area contributed by atoms with Gasteiger partial charge in [-0.15, -0.1) is 0 Å². The van der Waals surface area contributed by atoms with Gasteiger partial charge < -0.3 is 28.7 Å². The number of carbonyl (C=O) groups excluding carboxylic acids is 4. The summed E-state index contributed by atoms with van der Waals surface area (Å²) in [6.45, 7) is 15.2. The Morgan fingerprint density at radius 2 is 0.847 bits per heavy atom. The highest BCUT2D eigenvalue weighted by molar-refractivity contribution is 5.76. The summed E-state index contributed by atoms with van der Waals surface area (Å²) in [5.74, 6) is -0.565. The van der Waals surface area contributed by atoms with Crippen LogP contribution in [0.15, 0.2) is 0 Å². The molecule has 72 heavy (non-hydrogen) atoms. The van der Waals surface area contributed by atoms with Crippen LogP contribution in [-0.2, 0) is 38.1 Å². The van der Waals surface area contributed by atoms with Crippen LogP contribution in [0, 0.1) is 0 Å². The van der Waals surface area contributed by atoms with Crippen LogP contribution < -0.4 is 0 Å². The minimum atomic E-state index is -0.452. The molecule has 0 aromatic rings. The topological polar surface area (TPSA) is 115 Å². The molecule has 2 heterocycles. The van der Waals surface area contributed by atoms with Crippen LogP contribution in [0.2, 0.25) is 0 Å². The zero-order valence-electron chi connectivity index (χ0n) is 47.9. The molecule has 2 aliphatic rings. The molecule has 0 saturated carbocycles. The smallest absolute Gasteiger partial charge is 0.323 e. The average Bonchev–Trinajstić information content (AvgIpc) is 3.77. The normalized spacial score (nSPS) is 16.8. The summed E-state index contributed by atoms with van der Waals surface area (Å²) in [5, 5.41) is 0. The van der Waals surface area contributed by atoms with Crippen LogP contribution in [0.5, 0.6) is 0 Å². The van der Waals surface area contributed by atoms with Crippen LogP contribution >= 0.6 is 0 Å². The van der Waals surface area contributed by atoms with E-state index in [1.54, 1.807) is 0 Å². The van der Waals surface area contributed by atoms with Crippen LogP contribution in [0.4, 0.5) is 0 Å². The molecule has 0 spiro atoms. The van der Waals surface area contributed by atoms with Crippen LogP contribution in [0.3, 0.4) is 0 Å². The Balaban J connectivity index is 1.80. The van der Waals surface area contributed by atoms with Crippen molar-refractivity contribution in [3.05, 3.63) is 0 Å². The van der Waals surface area contributed by atoms with Crippen molar-refractivity contribution >= 4 is 23.9 Å². The number of carbonyl (C=O) groups is 4. The van der Waals surface area contributed by atoms with Gasteiger partial charge in [0.1, 0.15) is 24.4 Å². The Morgan fingerprint density at radius 3 is 1.31 bits per heavy atom. The molecule has 0 unspecified atom stereocenters. The Morgan fingerprint density at radius 1 is 0.444 bits per heavy atom. The fourth-order valence-electron chi connectivity index (χ4n) is 10.6. The van der Waals surface area contributed by atoms with Gasteiger partial charge in [-0.05, 0) is 90.6 Å². The van der Waals surface area contributed by atoms with E-state index in [-0.39, 0.29) is 42.2 Å². The lowest BCUT2D eigenvalue weighted by atomic mass is 10.0. The lowest BCUT2D eigenvalue weighted by Crippen LogP contribution is -2.45. The van der Waals surface area contributed by atoms with Gasteiger partial charge in [0.2, 0.25) is 0 Å². The Kier molecular flexibility index (Phi) is 42.2. The van der Waals surface area contributed by atoms with Crippen LogP contribution in [-0.4, -0.2) is 122 Å². The fourth-order valence-corrected chi connectivity index (χ4v) is 10.6. The summed E-state index contributed by atoms with van der Waals surface area (Å²) in [6.07, 6.45) is 42.2. The second kappa shape index (κ2) is 46.1. The number of ether oxygens (including phenoxy) is 4. The molecule has 2 aliphatic heterocycles. The molecule has 11 nitrogen and oxygen atoms in total. The largest absolute Gasteiger partial charge is 0.465 e. The Hall–Kier alpha value is -2.24. The van der Waals surface area contributed by atoms with Gasteiger partial charge in [-0.3, -0.25) is 24.1 Å². The molecule has 0 aromatic heterocycles. The number of likely N-dealkylation sites (N-methyl/N-ethyl adjacent to an activating group) is 1. The van der Waals surface area contributed by atoms with Crippen LogP contribution in [0.1, 0.15) is 285 Å². The van der Waals surface area contributed by atoms with Gasteiger partial charge in [0.05, 0.1) is 13.0 Å². The zero-order valence-corrected chi connectivity index (χ0v) is 47.9. The van der Waals surface area contributed by atoms with Crippen molar-refractivity contribution in [3.8, 4) is 0 Å². The molecule has 2 rings (SSSR count). The second-order valence-electron chi connectivity index (χ2n) is 22.2. The van der Waals surface area contributed by atoms with E-state index in [0.717, 1.165) is 129 Å². The van der Waals surface area contributed by atoms with Gasteiger partial charge in [0.25, 0.3) is 0 Å². The van der Waals surface area contributed by atoms with E-state index in [2.05, 4.69) is 49.4 Å². The van der Waals surface area contributed by atoms with E-state index >= 15 is 0 Å². The number of unbranched alkanes of at least 4 members (excludes halogenated alkanes) is 26. The highest BCUT2D eigenvalue weighted by Gasteiger charge is 2.39. The van der Waals surface area contributed by atoms with Gasteiger partial charge in [-0.1, -0.05) is 182 Å². The first-order chi connectivity index (χ1) is 35.2.